The van der Waals surface area contributed by atoms with Gasteiger partial charge in [0.15, 0.2) is 0 Å². The Kier molecular flexibility index (Phi) is 3.06. The smallest absolute Gasteiger partial charge is 0.0728 e. The van der Waals surface area contributed by atoms with E-state index in [0.717, 1.165) is 31.3 Å². The van der Waals surface area contributed by atoms with Crippen LogP contribution in [-0.4, -0.2) is 16.7 Å². The van der Waals surface area contributed by atoms with E-state index in [9.17, 15) is 5.11 Å². The van der Waals surface area contributed by atoms with Crippen LogP contribution in [0.4, 0.5) is 0 Å². The third kappa shape index (κ3) is 1.45. The van der Waals surface area contributed by atoms with Gasteiger partial charge in [0.05, 0.1) is 11.6 Å². The molecule has 90 valence electrons. The van der Waals surface area contributed by atoms with Gasteiger partial charge in [-0.2, -0.15) is 0 Å². The van der Waals surface area contributed by atoms with Crippen LogP contribution in [0.5, 0.6) is 0 Å². The first-order valence-electron chi connectivity index (χ1n) is 5.93. The van der Waals surface area contributed by atoms with Crippen molar-refractivity contribution in [3.63, 3.8) is 0 Å². The molecule has 0 aliphatic heterocycles. The Morgan fingerprint density at radius 2 is 2.31 bits per heavy atom. The number of hydrogen-bond donors (Lipinski definition) is 2. The monoisotopic (exact) mass is 285 g/mol. The summed E-state index contributed by atoms with van der Waals surface area (Å²) in [6.07, 6.45) is 5.90. The van der Waals surface area contributed by atoms with Crippen molar-refractivity contribution in [2.45, 2.75) is 51.2 Å². The Balaban J connectivity index is 2.44. The number of rotatable bonds is 1. The van der Waals surface area contributed by atoms with Crippen LogP contribution in [-0.2, 0) is 0 Å². The summed E-state index contributed by atoms with van der Waals surface area (Å²) in [5.74, 6) is 0. The molecule has 0 spiro atoms. The second-order valence-corrected chi connectivity index (χ2v) is 5.79. The average molecular weight is 286 g/mol. The second kappa shape index (κ2) is 3.97. The number of fused-ring (bicyclic) bond motifs is 1. The van der Waals surface area contributed by atoms with Gasteiger partial charge >= 0.3 is 0 Å². The summed E-state index contributed by atoms with van der Waals surface area (Å²) in [4.78, 5) is 1.99. The van der Waals surface area contributed by atoms with Crippen molar-refractivity contribution in [2.75, 3.05) is 0 Å². The van der Waals surface area contributed by atoms with Crippen molar-refractivity contribution in [1.82, 2.24) is 0 Å². The molecule has 0 aromatic rings. The minimum Gasteiger partial charge on any atom is -0.389 e. The van der Waals surface area contributed by atoms with Gasteiger partial charge in [-0.3, -0.25) is 0 Å². The van der Waals surface area contributed by atoms with Crippen LogP contribution in [0.3, 0.4) is 0 Å². The maximum Gasteiger partial charge on any atom is 0.0728 e. The zero-order chi connectivity index (χ0) is 12.0. The number of halogens is 1. The minimum atomic E-state index is -0.384. The van der Waals surface area contributed by atoms with Gasteiger partial charge in [-0.15, -0.1) is 0 Å². The van der Waals surface area contributed by atoms with Crippen LogP contribution in [0.1, 0.15) is 39.5 Å². The van der Waals surface area contributed by atoms with E-state index in [1.807, 2.05) is 11.9 Å². The molecule has 0 aromatic heterocycles. The molecule has 3 heteroatoms. The second-order valence-electron chi connectivity index (χ2n) is 5.33. The summed E-state index contributed by atoms with van der Waals surface area (Å²) in [5.41, 5.74) is 8.67. The lowest BCUT2D eigenvalue weighted by Gasteiger charge is -2.49. The molecule has 1 unspecified atom stereocenters. The number of aliphatic hydroxyl groups is 1. The summed E-state index contributed by atoms with van der Waals surface area (Å²) in [6.45, 7) is 4.04. The lowest BCUT2D eigenvalue weighted by atomic mass is 9.59. The van der Waals surface area contributed by atoms with Crippen molar-refractivity contribution in [1.29, 1.82) is 0 Å². The molecule has 2 nitrogen and oxygen atoms in total. The average Bonchev–Trinajstić information content (AvgIpc) is 2.49. The van der Waals surface area contributed by atoms with Gasteiger partial charge in [0.1, 0.15) is 0 Å². The molecule has 0 radical (unpaired) electrons. The fourth-order valence-corrected chi connectivity index (χ4v) is 4.11. The predicted molar refractivity (Wildman–Crippen MR) is 70.3 cm³/mol. The van der Waals surface area contributed by atoms with Gasteiger partial charge in [0.25, 0.3) is 0 Å². The molecule has 3 atom stereocenters. The first kappa shape index (κ1) is 12.3. The third-order valence-corrected chi connectivity index (χ3v) is 5.10. The maximum atomic E-state index is 9.87. The van der Waals surface area contributed by atoms with Crippen molar-refractivity contribution in [2.24, 2.45) is 11.1 Å². The van der Waals surface area contributed by atoms with E-state index >= 15 is 0 Å². The highest BCUT2D eigenvalue weighted by atomic mass is 79.9. The molecule has 2 aliphatic carbocycles. The summed E-state index contributed by atoms with van der Waals surface area (Å²) in [5, 5.41) is 9.87. The molecule has 1 saturated carbocycles. The van der Waals surface area contributed by atoms with E-state index in [0.29, 0.717) is 0 Å². The van der Waals surface area contributed by atoms with Gasteiger partial charge in [-0.1, -0.05) is 28.9 Å². The first-order chi connectivity index (χ1) is 7.45. The zero-order valence-corrected chi connectivity index (χ0v) is 11.5. The Bertz CT molecular complexity index is 361. The van der Waals surface area contributed by atoms with Crippen molar-refractivity contribution < 1.29 is 5.11 Å². The highest BCUT2D eigenvalue weighted by Gasteiger charge is 2.54. The summed E-state index contributed by atoms with van der Waals surface area (Å²) >= 11 is 3.44. The molecule has 1 fully saturated rings. The van der Waals surface area contributed by atoms with E-state index in [1.165, 1.54) is 5.57 Å². The van der Waals surface area contributed by atoms with E-state index in [1.54, 1.807) is 0 Å². The highest BCUT2D eigenvalue weighted by Crippen LogP contribution is 2.56. The molecule has 0 saturated heterocycles. The van der Waals surface area contributed by atoms with Crippen LogP contribution < -0.4 is 5.73 Å². The molecule has 0 heterocycles. The Morgan fingerprint density at radius 1 is 1.62 bits per heavy atom. The summed E-state index contributed by atoms with van der Waals surface area (Å²) in [7, 11) is 0. The number of aliphatic hydroxyl groups excluding tert-OH is 1. The van der Waals surface area contributed by atoms with Crippen molar-refractivity contribution in [3.05, 3.63) is 22.2 Å². The Hall–Kier alpha value is -0.120. The first-order valence-corrected chi connectivity index (χ1v) is 6.84. The zero-order valence-electron chi connectivity index (χ0n) is 9.96. The minimum absolute atomic E-state index is 0.0704. The largest absolute Gasteiger partial charge is 0.389 e. The fraction of sp³-hybridized carbons (Fsp3) is 0.692. The highest BCUT2D eigenvalue weighted by molar-refractivity contribution is 9.11. The predicted octanol–water partition coefficient (Wildman–Crippen LogP) is 2.86. The third-order valence-electron chi connectivity index (χ3n) is 4.54. The quantitative estimate of drug-likeness (QED) is 0.728. The van der Waals surface area contributed by atoms with Crippen LogP contribution in [0.15, 0.2) is 22.2 Å². The van der Waals surface area contributed by atoms with E-state index in [2.05, 4.69) is 28.9 Å². The molecule has 2 aliphatic rings. The molecule has 0 aromatic carbocycles. The van der Waals surface area contributed by atoms with E-state index in [4.69, 9.17) is 5.73 Å². The number of hydrogen-bond acceptors (Lipinski definition) is 2. The van der Waals surface area contributed by atoms with Gasteiger partial charge in [0, 0.05) is 5.41 Å². The fourth-order valence-electron chi connectivity index (χ4n) is 3.47. The van der Waals surface area contributed by atoms with Crippen molar-refractivity contribution >= 4 is 15.9 Å². The van der Waals surface area contributed by atoms with Gasteiger partial charge in [0.2, 0.25) is 0 Å². The Labute approximate surface area is 106 Å². The molecule has 16 heavy (non-hydrogen) atoms. The topological polar surface area (TPSA) is 46.2 Å². The van der Waals surface area contributed by atoms with Crippen LogP contribution in [0, 0.1) is 5.41 Å². The standard InChI is InChI=1S/C13H20BrNO/c1-9(16)11-5-7-13(15)10(8-14)4-3-6-12(11,13)2/h5,8-9,16H,3-4,6-7,15H2,1-2H3/b10-8+/t9-,12+,13?/m0/s1. The van der Waals surface area contributed by atoms with Gasteiger partial charge < -0.3 is 10.8 Å². The molecule has 3 N–H and O–H groups in total. The molecule has 2 rings (SSSR count). The van der Waals surface area contributed by atoms with Crippen LogP contribution >= 0.6 is 15.9 Å². The molecular formula is C13H20BrNO. The molecule has 0 bridgehead atoms. The lowest BCUT2D eigenvalue weighted by molar-refractivity contribution is 0.139. The van der Waals surface area contributed by atoms with Crippen LogP contribution in [0.25, 0.3) is 0 Å². The van der Waals surface area contributed by atoms with E-state index in [-0.39, 0.29) is 17.1 Å². The molecule has 0 amide bonds. The summed E-state index contributed by atoms with van der Waals surface area (Å²) in [6, 6.07) is 0. The SMILES string of the molecule is C[C@H](O)C1=CCC2(N)/C(=C/Br)CCC[C@]12C. The Morgan fingerprint density at radius 3 is 2.88 bits per heavy atom. The molecular weight excluding hydrogens is 266 g/mol. The van der Waals surface area contributed by atoms with Gasteiger partial charge in [-0.25, -0.2) is 0 Å². The number of nitrogens with two attached hydrogens (primary N) is 1. The van der Waals surface area contributed by atoms with Gasteiger partial charge in [-0.05, 0) is 48.7 Å². The van der Waals surface area contributed by atoms with E-state index < -0.39 is 0 Å². The maximum absolute atomic E-state index is 9.87. The lowest BCUT2D eigenvalue weighted by Crippen LogP contribution is -2.56. The van der Waals surface area contributed by atoms with Crippen molar-refractivity contribution in [3.8, 4) is 0 Å². The normalized spacial score (nSPS) is 43.1. The van der Waals surface area contributed by atoms with Crippen LogP contribution in [0.2, 0.25) is 0 Å². The summed E-state index contributed by atoms with van der Waals surface area (Å²) < 4.78 is 0.